The Morgan fingerprint density at radius 1 is 1.39 bits per heavy atom. The fourth-order valence-corrected chi connectivity index (χ4v) is 1.69. The van der Waals surface area contributed by atoms with Crippen LogP contribution in [0.2, 0.25) is 0 Å². The zero-order chi connectivity index (χ0) is 13.4. The molecule has 1 aromatic carbocycles. The Hall–Kier alpha value is -1.39. The lowest BCUT2D eigenvalue weighted by Gasteiger charge is -2.15. The fraction of sp³-hybridized carbons (Fsp3) is 0.500. The highest BCUT2D eigenvalue weighted by Crippen LogP contribution is 2.12. The SMILES string of the molecule is CCOC(C)CNC(=O)CC(N)c1ccccc1. The van der Waals surface area contributed by atoms with E-state index < -0.39 is 0 Å². The minimum absolute atomic E-state index is 0.0342. The van der Waals surface area contributed by atoms with E-state index in [1.807, 2.05) is 44.2 Å². The van der Waals surface area contributed by atoms with E-state index in [1.54, 1.807) is 0 Å². The van der Waals surface area contributed by atoms with Gasteiger partial charge in [-0.1, -0.05) is 30.3 Å². The second-order valence-corrected chi connectivity index (χ2v) is 4.29. The lowest BCUT2D eigenvalue weighted by Crippen LogP contribution is -2.33. The molecule has 1 amide bonds. The second-order valence-electron chi connectivity index (χ2n) is 4.29. The quantitative estimate of drug-likeness (QED) is 0.773. The maximum absolute atomic E-state index is 11.7. The van der Waals surface area contributed by atoms with Crippen molar-refractivity contribution in [3.8, 4) is 0 Å². The molecule has 0 aliphatic rings. The number of ether oxygens (including phenoxy) is 1. The van der Waals surface area contributed by atoms with Gasteiger partial charge in [-0.05, 0) is 19.4 Å². The van der Waals surface area contributed by atoms with E-state index in [1.165, 1.54) is 0 Å². The smallest absolute Gasteiger partial charge is 0.221 e. The van der Waals surface area contributed by atoms with Gasteiger partial charge in [-0.3, -0.25) is 4.79 Å². The third-order valence-electron chi connectivity index (χ3n) is 2.67. The number of nitrogens with one attached hydrogen (secondary N) is 1. The molecule has 3 N–H and O–H groups in total. The second kappa shape index (κ2) is 7.84. The molecule has 1 rings (SSSR count). The first-order chi connectivity index (χ1) is 8.63. The molecule has 100 valence electrons. The van der Waals surface area contributed by atoms with Crippen molar-refractivity contribution in [3.63, 3.8) is 0 Å². The van der Waals surface area contributed by atoms with Gasteiger partial charge in [-0.25, -0.2) is 0 Å². The average Bonchev–Trinajstić information content (AvgIpc) is 2.38. The van der Waals surface area contributed by atoms with Crippen molar-refractivity contribution in [3.05, 3.63) is 35.9 Å². The van der Waals surface area contributed by atoms with Gasteiger partial charge in [0.15, 0.2) is 0 Å². The number of hydrogen-bond donors (Lipinski definition) is 2. The summed E-state index contributed by atoms with van der Waals surface area (Å²) in [6.07, 6.45) is 0.329. The molecule has 4 heteroatoms. The van der Waals surface area contributed by atoms with Crippen LogP contribution in [0.25, 0.3) is 0 Å². The van der Waals surface area contributed by atoms with Gasteiger partial charge in [-0.15, -0.1) is 0 Å². The van der Waals surface area contributed by atoms with Crippen LogP contribution in [0.4, 0.5) is 0 Å². The standard InChI is InChI=1S/C14H22N2O2/c1-3-18-11(2)10-16-14(17)9-13(15)12-7-5-4-6-8-12/h4-8,11,13H,3,9-10,15H2,1-2H3,(H,16,17). The Morgan fingerprint density at radius 2 is 2.06 bits per heavy atom. The minimum Gasteiger partial charge on any atom is -0.377 e. The van der Waals surface area contributed by atoms with E-state index >= 15 is 0 Å². The molecular weight excluding hydrogens is 228 g/mol. The summed E-state index contributed by atoms with van der Waals surface area (Å²) in [4.78, 5) is 11.7. The molecule has 2 unspecified atom stereocenters. The molecule has 0 aliphatic carbocycles. The Bertz CT molecular complexity index is 354. The molecule has 1 aromatic rings. The summed E-state index contributed by atoms with van der Waals surface area (Å²) in [5.41, 5.74) is 6.95. The Labute approximate surface area is 109 Å². The summed E-state index contributed by atoms with van der Waals surface area (Å²) in [5.74, 6) is -0.0436. The number of carbonyl (C=O) groups is 1. The molecule has 0 fully saturated rings. The highest BCUT2D eigenvalue weighted by Gasteiger charge is 2.11. The summed E-state index contributed by atoms with van der Waals surface area (Å²) in [6, 6.07) is 9.38. The maximum Gasteiger partial charge on any atom is 0.221 e. The van der Waals surface area contributed by atoms with Crippen LogP contribution in [0.5, 0.6) is 0 Å². The highest BCUT2D eigenvalue weighted by molar-refractivity contribution is 5.76. The van der Waals surface area contributed by atoms with Crippen molar-refractivity contribution >= 4 is 5.91 Å². The first-order valence-electron chi connectivity index (χ1n) is 6.32. The van der Waals surface area contributed by atoms with Crippen LogP contribution in [0.1, 0.15) is 31.9 Å². The van der Waals surface area contributed by atoms with Crippen LogP contribution in [0.15, 0.2) is 30.3 Å². The van der Waals surface area contributed by atoms with E-state index in [0.717, 1.165) is 5.56 Å². The predicted octanol–water partition coefficient (Wildman–Crippen LogP) is 1.62. The lowest BCUT2D eigenvalue weighted by molar-refractivity contribution is -0.122. The summed E-state index contributed by atoms with van der Waals surface area (Å²) < 4.78 is 5.34. The van der Waals surface area contributed by atoms with Gasteiger partial charge in [0, 0.05) is 25.6 Å². The van der Waals surface area contributed by atoms with Gasteiger partial charge in [0.2, 0.25) is 5.91 Å². The van der Waals surface area contributed by atoms with Crippen molar-refractivity contribution in [2.75, 3.05) is 13.2 Å². The van der Waals surface area contributed by atoms with Gasteiger partial charge in [0.1, 0.15) is 0 Å². The minimum atomic E-state index is -0.256. The van der Waals surface area contributed by atoms with E-state index in [0.29, 0.717) is 19.6 Å². The number of benzene rings is 1. The highest BCUT2D eigenvalue weighted by atomic mass is 16.5. The third kappa shape index (κ3) is 5.29. The summed E-state index contributed by atoms with van der Waals surface area (Å²) >= 11 is 0. The molecule has 2 atom stereocenters. The summed E-state index contributed by atoms with van der Waals surface area (Å²) in [6.45, 7) is 5.04. The molecule has 0 bridgehead atoms. The van der Waals surface area contributed by atoms with Crippen molar-refractivity contribution < 1.29 is 9.53 Å². The van der Waals surface area contributed by atoms with E-state index in [4.69, 9.17) is 10.5 Å². The number of rotatable bonds is 7. The van der Waals surface area contributed by atoms with E-state index in [2.05, 4.69) is 5.32 Å². The predicted molar refractivity (Wildman–Crippen MR) is 72.1 cm³/mol. The molecule has 0 saturated heterocycles. The Balaban J connectivity index is 2.32. The summed E-state index contributed by atoms with van der Waals surface area (Å²) in [7, 11) is 0. The number of carbonyl (C=O) groups excluding carboxylic acids is 1. The summed E-state index contributed by atoms with van der Waals surface area (Å²) in [5, 5.41) is 2.82. The van der Waals surface area contributed by atoms with Gasteiger partial charge < -0.3 is 15.8 Å². The largest absolute Gasteiger partial charge is 0.377 e. The monoisotopic (exact) mass is 250 g/mol. The van der Waals surface area contributed by atoms with E-state index in [9.17, 15) is 4.79 Å². The Morgan fingerprint density at radius 3 is 2.67 bits per heavy atom. The average molecular weight is 250 g/mol. The normalized spacial score (nSPS) is 13.9. The molecule has 0 aliphatic heterocycles. The number of nitrogens with two attached hydrogens (primary N) is 1. The topological polar surface area (TPSA) is 64.3 Å². The van der Waals surface area contributed by atoms with Crippen LogP contribution >= 0.6 is 0 Å². The van der Waals surface area contributed by atoms with Crippen LogP contribution in [-0.4, -0.2) is 25.2 Å². The van der Waals surface area contributed by atoms with Crippen LogP contribution in [-0.2, 0) is 9.53 Å². The number of amides is 1. The first-order valence-corrected chi connectivity index (χ1v) is 6.32. The molecule has 0 radical (unpaired) electrons. The molecule has 0 aromatic heterocycles. The molecule has 0 spiro atoms. The van der Waals surface area contributed by atoms with Crippen molar-refractivity contribution in [1.29, 1.82) is 0 Å². The molecule has 4 nitrogen and oxygen atoms in total. The molecule has 0 heterocycles. The van der Waals surface area contributed by atoms with Gasteiger partial charge in [0.25, 0.3) is 0 Å². The third-order valence-corrected chi connectivity index (χ3v) is 2.67. The fourth-order valence-electron chi connectivity index (χ4n) is 1.69. The van der Waals surface area contributed by atoms with Gasteiger partial charge >= 0.3 is 0 Å². The molecular formula is C14H22N2O2. The zero-order valence-corrected chi connectivity index (χ0v) is 11.1. The van der Waals surface area contributed by atoms with Gasteiger partial charge in [-0.2, -0.15) is 0 Å². The Kier molecular flexibility index (Phi) is 6.39. The van der Waals surface area contributed by atoms with Crippen molar-refractivity contribution in [1.82, 2.24) is 5.32 Å². The maximum atomic E-state index is 11.7. The van der Waals surface area contributed by atoms with Crippen LogP contribution in [0, 0.1) is 0 Å². The van der Waals surface area contributed by atoms with Gasteiger partial charge in [0.05, 0.1) is 6.10 Å². The number of hydrogen-bond acceptors (Lipinski definition) is 3. The van der Waals surface area contributed by atoms with Crippen molar-refractivity contribution in [2.24, 2.45) is 5.73 Å². The first kappa shape index (κ1) is 14.7. The van der Waals surface area contributed by atoms with Crippen molar-refractivity contribution in [2.45, 2.75) is 32.4 Å². The van der Waals surface area contributed by atoms with E-state index in [-0.39, 0.29) is 18.1 Å². The molecule has 18 heavy (non-hydrogen) atoms. The zero-order valence-electron chi connectivity index (χ0n) is 11.1. The van der Waals surface area contributed by atoms with Crippen LogP contribution < -0.4 is 11.1 Å². The lowest BCUT2D eigenvalue weighted by atomic mass is 10.0. The molecule has 0 saturated carbocycles. The van der Waals surface area contributed by atoms with Crippen LogP contribution in [0.3, 0.4) is 0 Å².